The molecule has 1 atom stereocenters. The average molecular weight is 215 g/mol. The van der Waals surface area contributed by atoms with Crippen molar-refractivity contribution in [3.63, 3.8) is 0 Å². The van der Waals surface area contributed by atoms with E-state index in [-0.39, 0.29) is 0 Å². The molecule has 0 aliphatic rings. The van der Waals surface area contributed by atoms with Crippen LogP contribution in [-0.4, -0.2) is 35.6 Å². The molecular weight excluding hydrogens is 190 g/mol. The summed E-state index contributed by atoms with van der Waals surface area (Å²) in [5.74, 6) is -0.679. The molecule has 1 unspecified atom stereocenters. The summed E-state index contributed by atoms with van der Waals surface area (Å²) >= 11 is 0. The molecule has 0 aromatic rings. The first-order valence-corrected chi connectivity index (χ1v) is 5.95. The highest BCUT2D eigenvalue weighted by molar-refractivity contribution is 5.74. The van der Waals surface area contributed by atoms with Crippen LogP contribution in [0.1, 0.15) is 47.0 Å². The van der Waals surface area contributed by atoms with Crippen molar-refractivity contribution in [2.24, 2.45) is 5.41 Å². The molecule has 0 saturated heterocycles. The molecule has 15 heavy (non-hydrogen) atoms. The molecular formula is C12H25NO2. The third-order valence-corrected chi connectivity index (χ3v) is 2.95. The lowest BCUT2D eigenvalue weighted by Gasteiger charge is -2.31. The highest BCUT2D eigenvalue weighted by atomic mass is 16.4. The third kappa shape index (κ3) is 4.65. The van der Waals surface area contributed by atoms with Gasteiger partial charge in [0.25, 0.3) is 0 Å². The standard InChI is InChI=1S/C12H25NO2/c1-5-8-13(9-6-2)10-12(4,7-3)11(14)15/h5-10H2,1-4H3,(H,14,15). The van der Waals surface area contributed by atoms with Crippen LogP contribution in [0.25, 0.3) is 0 Å². The van der Waals surface area contributed by atoms with Crippen molar-refractivity contribution in [3.05, 3.63) is 0 Å². The molecule has 90 valence electrons. The van der Waals surface area contributed by atoms with Crippen LogP contribution < -0.4 is 0 Å². The minimum Gasteiger partial charge on any atom is -0.481 e. The van der Waals surface area contributed by atoms with Gasteiger partial charge in [-0.15, -0.1) is 0 Å². The predicted molar refractivity (Wildman–Crippen MR) is 63.1 cm³/mol. The van der Waals surface area contributed by atoms with E-state index in [2.05, 4.69) is 18.7 Å². The lowest BCUT2D eigenvalue weighted by molar-refractivity contribution is -0.149. The topological polar surface area (TPSA) is 40.5 Å². The van der Waals surface area contributed by atoms with Crippen molar-refractivity contribution in [2.75, 3.05) is 19.6 Å². The van der Waals surface area contributed by atoms with E-state index < -0.39 is 11.4 Å². The van der Waals surface area contributed by atoms with E-state index in [1.807, 2.05) is 13.8 Å². The average Bonchev–Trinajstić information content (AvgIpc) is 2.18. The van der Waals surface area contributed by atoms with Crippen molar-refractivity contribution in [1.82, 2.24) is 4.90 Å². The quantitative estimate of drug-likeness (QED) is 0.676. The van der Waals surface area contributed by atoms with Gasteiger partial charge in [-0.25, -0.2) is 0 Å². The molecule has 1 N–H and O–H groups in total. The van der Waals surface area contributed by atoms with Gasteiger partial charge in [-0.05, 0) is 39.3 Å². The molecule has 0 fully saturated rings. The van der Waals surface area contributed by atoms with Crippen LogP contribution in [0.2, 0.25) is 0 Å². The first kappa shape index (κ1) is 14.4. The Labute approximate surface area is 93.5 Å². The van der Waals surface area contributed by atoms with Gasteiger partial charge in [-0.3, -0.25) is 4.79 Å². The first-order chi connectivity index (χ1) is 7.00. The van der Waals surface area contributed by atoms with Gasteiger partial charge >= 0.3 is 5.97 Å². The van der Waals surface area contributed by atoms with Gasteiger partial charge in [-0.1, -0.05) is 20.8 Å². The zero-order chi connectivity index (χ0) is 11.9. The minimum absolute atomic E-state index is 0.593. The third-order valence-electron chi connectivity index (χ3n) is 2.95. The molecule has 0 aromatic heterocycles. The highest BCUT2D eigenvalue weighted by Gasteiger charge is 2.32. The zero-order valence-electron chi connectivity index (χ0n) is 10.5. The van der Waals surface area contributed by atoms with Gasteiger partial charge in [-0.2, -0.15) is 0 Å². The van der Waals surface area contributed by atoms with E-state index in [1.54, 1.807) is 0 Å². The summed E-state index contributed by atoms with van der Waals surface area (Å²) in [7, 11) is 0. The Hall–Kier alpha value is -0.570. The highest BCUT2D eigenvalue weighted by Crippen LogP contribution is 2.23. The molecule has 0 saturated carbocycles. The second kappa shape index (κ2) is 6.83. The first-order valence-electron chi connectivity index (χ1n) is 5.95. The molecule has 0 aliphatic carbocycles. The van der Waals surface area contributed by atoms with Crippen molar-refractivity contribution in [1.29, 1.82) is 0 Å². The van der Waals surface area contributed by atoms with Crippen LogP contribution in [0.3, 0.4) is 0 Å². The molecule has 3 nitrogen and oxygen atoms in total. The summed E-state index contributed by atoms with van der Waals surface area (Å²) in [5, 5.41) is 9.19. The van der Waals surface area contributed by atoms with Crippen molar-refractivity contribution in [3.8, 4) is 0 Å². The zero-order valence-corrected chi connectivity index (χ0v) is 10.5. The SMILES string of the molecule is CCCN(CCC)CC(C)(CC)C(=O)O. The Bertz CT molecular complexity index is 188. The summed E-state index contributed by atoms with van der Waals surface area (Å²) in [6.07, 6.45) is 2.85. The van der Waals surface area contributed by atoms with Crippen LogP contribution in [0.15, 0.2) is 0 Å². The second-order valence-corrected chi connectivity index (χ2v) is 4.50. The van der Waals surface area contributed by atoms with E-state index >= 15 is 0 Å². The maximum absolute atomic E-state index is 11.2. The van der Waals surface area contributed by atoms with Crippen LogP contribution in [-0.2, 0) is 4.79 Å². The van der Waals surface area contributed by atoms with Gasteiger partial charge in [0.2, 0.25) is 0 Å². The normalized spacial score (nSPS) is 15.3. The largest absolute Gasteiger partial charge is 0.481 e. The summed E-state index contributed by atoms with van der Waals surface area (Å²) < 4.78 is 0. The van der Waals surface area contributed by atoms with Crippen LogP contribution in [0, 0.1) is 5.41 Å². The summed E-state index contributed by atoms with van der Waals surface area (Å²) in [4.78, 5) is 13.4. The fourth-order valence-corrected chi connectivity index (χ4v) is 1.73. The smallest absolute Gasteiger partial charge is 0.310 e. The molecule has 0 amide bonds. The Morgan fingerprint density at radius 3 is 1.93 bits per heavy atom. The fraction of sp³-hybridized carbons (Fsp3) is 0.917. The second-order valence-electron chi connectivity index (χ2n) is 4.50. The number of aliphatic carboxylic acids is 1. The number of nitrogens with zero attached hydrogens (tertiary/aromatic N) is 1. The Morgan fingerprint density at radius 2 is 1.67 bits per heavy atom. The molecule has 0 bridgehead atoms. The van der Waals surface area contributed by atoms with Gasteiger partial charge in [0, 0.05) is 6.54 Å². The van der Waals surface area contributed by atoms with E-state index in [9.17, 15) is 9.90 Å². The maximum atomic E-state index is 11.2. The molecule has 0 rings (SSSR count). The van der Waals surface area contributed by atoms with Gasteiger partial charge in [0.15, 0.2) is 0 Å². The van der Waals surface area contributed by atoms with Crippen molar-refractivity contribution in [2.45, 2.75) is 47.0 Å². The van der Waals surface area contributed by atoms with Crippen LogP contribution >= 0.6 is 0 Å². The van der Waals surface area contributed by atoms with Gasteiger partial charge in [0.1, 0.15) is 0 Å². The number of rotatable bonds is 8. The number of carbonyl (C=O) groups is 1. The molecule has 3 heteroatoms. The Kier molecular flexibility index (Phi) is 6.57. The monoisotopic (exact) mass is 215 g/mol. The Balaban J connectivity index is 4.39. The molecule has 0 heterocycles. The van der Waals surface area contributed by atoms with Crippen molar-refractivity contribution >= 4 is 5.97 Å². The number of hydrogen-bond acceptors (Lipinski definition) is 2. The van der Waals surface area contributed by atoms with Crippen LogP contribution in [0.5, 0.6) is 0 Å². The lowest BCUT2D eigenvalue weighted by Crippen LogP contribution is -2.41. The Morgan fingerprint density at radius 1 is 1.20 bits per heavy atom. The predicted octanol–water partition coefficient (Wildman–Crippen LogP) is 2.61. The number of carboxylic acids is 1. The number of carboxylic acid groups (broad SMARTS) is 1. The van der Waals surface area contributed by atoms with E-state index in [0.29, 0.717) is 13.0 Å². The maximum Gasteiger partial charge on any atom is 0.310 e. The molecule has 0 radical (unpaired) electrons. The van der Waals surface area contributed by atoms with Crippen LogP contribution in [0.4, 0.5) is 0 Å². The fourth-order valence-electron chi connectivity index (χ4n) is 1.73. The van der Waals surface area contributed by atoms with Gasteiger partial charge < -0.3 is 10.0 Å². The minimum atomic E-state index is -0.679. The van der Waals surface area contributed by atoms with Gasteiger partial charge in [0.05, 0.1) is 5.41 Å². The summed E-state index contributed by atoms with van der Waals surface area (Å²) in [5.41, 5.74) is -0.593. The summed E-state index contributed by atoms with van der Waals surface area (Å²) in [6.45, 7) is 10.7. The summed E-state index contributed by atoms with van der Waals surface area (Å²) in [6, 6.07) is 0. The van der Waals surface area contributed by atoms with E-state index in [4.69, 9.17) is 0 Å². The number of hydrogen-bond donors (Lipinski definition) is 1. The lowest BCUT2D eigenvalue weighted by atomic mass is 9.87. The molecule has 0 aromatic carbocycles. The van der Waals surface area contributed by atoms with E-state index in [1.165, 1.54) is 0 Å². The molecule has 0 spiro atoms. The van der Waals surface area contributed by atoms with Crippen molar-refractivity contribution < 1.29 is 9.90 Å². The van der Waals surface area contributed by atoms with E-state index in [0.717, 1.165) is 25.9 Å². The molecule has 0 aliphatic heterocycles.